The van der Waals surface area contributed by atoms with Crippen molar-refractivity contribution in [3.8, 4) is 6.07 Å². The highest BCUT2D eigenvalue weighted by molar-refractivity contribution is 5.58. The van der Waals surface area contributed by atoms with Crippen LogP contribution in [0.25, 0.3) is 0 Å². The normalized spacial score (nSPS) is 9.78. The Morgan fingerprint density at radius 2 is 2.06 bits per heavy atom. The first-order valence-electron chi connectivity index (χ1n) is 5.61. The summed E-state index contributed by atoms with van der Waals surface area (Å²) in [6.07, 6.45) is 1.57. The van der Waals surface area contributed by atoms with Crippen LogP contribution in [-0.2, 0) is 6.54 Å². The second kappa shape index (κ2) is 5.19. The maximum absolute atomic E-state index is 9.09. The minimum atomic E-state index is 0.494. The van der Waals surface area contributed by atoms with Crippen molar-refractivity contribution >= 4 is 11.5 Å². The van der Waals surface area contributed by atoms with Crippen LogP contribution in [0.5, 0.6) is 0 Å². The molecule has 0 bridgehead atoms. The summed E-state index contributed by atoms with van der Waals surface area (Å²) in [6.45, 7) is 0.701. The van der Waals surface area contributed by atoms with Crippen LogP contribution in [0.3, 0.4) is 0 Å². The summed E-state index contributed by atoms with van der Waals surface area (Å²) in [4.78, 5) is 6.16. The Bertz CT molecular complexity index is 572. The number of nitrogens with two attached hydrogens (primary N) is 1. The van der Waals surface area contributed by atoms with E-state index in [9.17, 15) is 0 Å². The monoisotopic (exact) mass is 238 g/mol. The van der Waals surface area contributed by atoms with Crippen LogP contribution in [0.15, 0.2) is 42.6 Å². The van der Waals surface area contributed by atoms with Crippen LogP contribution in [-0.4, -0.2) is 12.0 Å². The molecule has 0 atom stereocenters. The molecular weight excluding hydrogens is 224 g/mol. The Hall–Kier alpha value is -2.54. The fourth-order valence-electron chi connectivity index (χ4n) is 1.79. The summed E-state index contributed by atoms with van der Waals surface area (Å²) in [6, 6.07) is 13.8. The Kier molecular flexibility index (Phi) is 3.44. The zero-order valence-corrected chi connectivity index (χ0v) is 10.2. The molecule has 0 unspecified atom stereocenters. The van der Waals surface area contributed by atoms with E-state index in [1.807, 2.05) is 42.3 Å². The second-order valence-corrected chi connectivity index (χ2v) is 4.09. The van der Waals surface area contributed by atoms with Gasteiger partial charge in [-0.3, -0.25) is 0 Å². The van der Waals surface area contributed by atoms with Crippen molar-refractivity contribution in [2.45, 2.75) is 6.54 Å². The third-order valence-electron chi connectivity index (χ3n) is 2.63. The number of benzene rings is 1. The van der Waals surface area contributed by atoms with E-state index in [0.717, 1.165) is 0 Å². The van der Waals surface area contributed by atoms with E-state index < -0.39 is 0 Å². The van der Waals surface area contributed by atoms with Gasteiger partial charge in [0.15, 0.2) is 0 Å². The van der Waals surface area contributed by atoms with Gasteiger partial charge < -0.3 is 10.6 Å². The Morgan fingerprint density at radius 1 is 1.33 bits per heavy atom. The molecule has 0 spiro atoms. The smallest absolute Gasteiger partial charge is 0.146 e. The number of hydrogen-bond donors (Lipinski definition) is 1. The largest absolute Gasteiger partial charge is 0.397 e. The molecule has 2 rings (SSSR count). The van der Waals surface area contributed by atoms with Crippen LogP contribution in [0.2, 0.25) is 0 Å². The molecule has 0 aliphatic carbocycles. The third kappa shape index (κ3) is 2.58. The van der Waals surface area contributed by atoms with Gasteiger partial charge in [-0.25, -0.2) is 4.98 Å². The minimum absolute atomic E-state index is 0.494. The van der Waals surface area contributed by atoms with E-state index in [2.05, 4.69) is 11.1 Å². The van der Waals surface area contributed by atoms with Gasteiger partial charge in [0.1, 0.15) is 11.9 Å². The van der Waals surface area contributed by atoms with Crippen molar-refractivity contribution in [2.24, 2.45) is 0 Å². The van der Waals surface area contributed by atoms with Crippen molar-refractivity contribution in [1.29, 1.82) is 5.26 Å². The van der Waals surface area contributed by atoms with Gasteiger partial charge in [0.05, 0.1) is 17.4 Å². The van der Waals surface area contributed by atoms with Gasteiger partial charge in [-0.15, -0.1) is 0 Å². The molecule has 0 fully saturated rings. The number of nitrogen functional groups attached to an aromatic ring is 1. The fourth-order valence-corrected chi connectivity index (χ4v) is 1.79. The summed E-state index contributed by atoms with van der Waals surface area (Å²) < 4.78 is 0. The average Bonchev–Trinajstić information content (AvgIpc) is 2.39. The lowest BCUT2D eigenvalue weighted by Crippen LogP contribution is -2.19. The highest BCUT2D eigenvalue weighted by atomic mass is 15.2. The third-order valence-corrected chi connectivity index (χ3v) is 2.63. The maximum atomic E-state index is 9.09. The second-order valence-electron chi connectivity index (χ2n) is 4.09. The molecule has 0 aliphatic heterocycles. The Labute approximate surface area is 106 Å². The number of pyridine rings is 1. The van der Waals surface area contributed by atoms with Crippen LogP contribution >= 0.6 is 0 Å². The van der Waals surface area contributed by atoms with Crippen molar-refractivity contribution in [3.63, 3.8) is 0 Å². The van der Waals surface area contributed by atoms with Gasteiger partial charge in [-0.1, -0.05) is 30.3 Å². The molecule has 2 aromatic rings. The van der Waals surface area contributed by atoms with Gasteiger partial charge in [-0.05, 0) is 11.6 Å². The minimum Gasteiger partial charge on any atom is -0.397 e. The zero-order valence-electron chi connectivity index (χ0n) is 10.2. The molecule has 90 valence electrons. The molecule has 0 aliphatic rings. The van der Waals surface area contributed by atoms with Gasteiger partial charge in [0.2, 0.25) is 0 Å². The summed E-state index contributed by atoms with van der Waals surface area (Å²) in [7, 11) is 1.91. The highest BCUT2D eigenvalue weighted by Gasteiger charge is 2.09. The number of nitriles is 1. The Balaban J connectivity index is 2.24. The molecule has 0 saturated carbocycles. The Morgan fingerprint density at radius 3 is 2.72 bits per heavy atom. The van der Waals surface area contributed by atoms with E-state index >= 15 is 0 Å². The maximum Gasteiger partial charge on any atom is 0.146 e. The molecule has 0 saturated heterocycles. The van der Waals surface area contributed by atoms with Crippen LogP contribution in [0.1, 0.15) is 11.1 Å². The van der Waals surface area contributed by atoms with E-state index in [1.54, 1.807) is 12.3 Å². The number of anilines is 2. The van der Waals surface area contributed by atoms with Crippen molar-refractivity contribution in [2.75, 3.05) is 17.7 Å². The molecule has 1 heterocycles. The molecule has 4 heteroatoms. The molecule has 4 nitrogen and oxygen atoms in total. The molecule has 0 radical (unpaired) electrons. The summed E-state index contributed by atoms with van der Waals surface area (Å²) in [5.74, 6) is 0.649. The number of nitrogens with zero attached hydrogens (tertiary/aromatic N) is 3. The first-order chi connectivity index (χ1) is 8.70. The topological polar surface area (TPSA) is 65.9 Å². The molecule has 18 heavy (non-hydrogen) atoms. The quantitative estimate of drug-likeness (QED) is 0.890. The van der Waals surface area contributed by atoms with Gasteiger partial charge >= 0.3 is 0 Å². The van der Waals surface area contributed by atoms with Crippen LogP contribution in [0.4, 0.5) is 11.5 Å². The lowest BCUT2D eigenvalue weighted by Gasteiger charge is -2.19. The van der Waals surface area contributed by atoms with Crippen LogP contribution in [0, 0.1) is 11.3 Å². The SMILES string of the molecule is CN(Cc1ccccc1)c1ncc(N)cc1C#N. The number of rotatable bonds is 3. The highest BCUT2D eigenvalue weighted by Crippen LogP contribution is 2.19. The zero-order chi connectivity index (χ0) is 13.0. The average molecular weight is 238 g/mol. The summed E-state index contributed by atoms with van der Waals surface area (Å²) in [5, 5.41) is 9.09. The fraction of sp³-hybridized carbons (Fsp3) is 0.143. The van der Waals surface area contributed by atoms with E-state index in [-0.39, 0.29) is 0 Å². The van der Waals surface area contributed by atoms with E-state index in [1.165, 1.54) is 5.56 Å². The van der Waals surface area contributed by atoms with Crippen molar-refractivity contribution < 1.29 is 0 Å². The molecule has 1 aromatic heterocycles. The van der Waals surface area contributed by atoms with E-state index in [0.29, 0.717) is 23.6 Å². The molecular formula is C14H14N4. The van der Waals surface area contributed by atoms with Crippen molar-refractivity contribution in [3.05, 3.63) is 53.7 Å². The number of aromatic nitrogens is 1. The number of hydrogen-bond acceptors (Lipinski definition) is 4. The predicted octanol–water partition coefficient (Wildman–Crippen LogP) is 2.17. The summed E-state index contributed by atoms with van der Waals surface area (Å²) in [5.41, 5.74) is 7.79. The lowest BCUT2D eigenvalue weighted by molar-refractivity contribution is 0.895. The summed E-state index contributed by atoms with van der Waals surface area (Å²) >= 11 is 0. The molecule has 0 amide bonds. The standard InChI is InChI=1S/C14H14N4/c1-18(10-11-5-3-2-4-6-11)14-12(8-15)7-13(16)9-17-14/h2-7,9H,10,16H2,1H3. The first kappa shape index (κ1) is 11.9. The van der Waals surface area contributed by atoms with Crippen LogP contribution < -0.4 is 10.6 Å². The first-order valence-corrected chi connectivity index (χ1v) is 5.61. The van der Waals surface area contributed by atoms with Gasteiger partial charge in [0, 0.05) is 13.6 Å². The van der Waals surface area contributed by atoms with Crippen molar-refractivity contribution in [1.82, 2.24) is 4.98 Å². The van der Waals surface area contributed by atoms with Gasteiger partial charge in [0.25, 0.3) is 0 Å². The van der Waals surface area contributed by atoms with Gasteiger partial charge in [-0.2, -0.15) is 5.26 Å². The van der Waals surface area contributed by atoms with E-state index in [4.69, 9.17) is 11.0 Å². The lowest BCUT2D eigenvalue weighted by atomic mass is 10.2. The predicted molar refractivity (Wildman–Crippen MR) is 71.9 cm³/mol. The molecule has 1 aromatic carbocycles. The molecule has 2 N–H and O–H groups in total.